The molecule has 208 valence electrons. The summed E-state index contributed by atoms with van der Waals surface area (Å²) in [6, 6.07) is 18.0. The van der Waals surface area contributed by atoms with E-state index in [1.54, 1.807) is 31.2 Å². The highest BCUT2D eigenvalue weighted by molar-refractivity contribution is 7.92. The third-order valence-corrected chi connectivity index (χ3v) is 8.56. The van der Waals surface area contributed by atoms with Crippen molar-refractivity contribution in [3.8, 4) is 0 Å². The smallest absolute Gasteiger partial charge is 0.264 e. The number of sulfonamides is 1. The minimum Gasteiger partial charge on any atom is -0.352 e. The van der Waals surface area contributed by atoms with E-state index in [4.69, 9.17) is 11.6 Å². The van der Waals surface area contributed by atoms with Gasteiger partial charge in [0.25, 0.3) is 10.0 Å². The van der Waals surface area contributed by atoms with Crippen LogP contribution in [0.2, 0.25) is 5.02 Å². The van der Waals surface area contributed by atoms with Gasteiger partial charge in [0.2, 0.25) is 11.8 Å². The summed E-state index contributed by atoms with van der Waals surface area (Å²) in [7, 11) is -4.15. The number of nitrogens with zero attached hydrogens (tertiary/aromatic N) is 2. The average Bonchev–Trinajstić information content (AvgIpc) is 2.87. The van der Waals surface area contributed by atoms with Crippen LogP contribution in [0.3, 0.4) is 0 Å². The van der Waals surface area contributed by atoms with E-state index in [9.17, 15) is 18.0 Å². The molecule has 0 aliphatic rings. The van der Waals surface area contributed by atoms with Crippen LogP contribution in [0.25, 0.3) is 0 Å². The first kappa shape index (κ1) is 30.2. The molecule has 0 spiro atoms. The summed E-state index contributed by atoms with van der Waals surface area (Å²) in [5.74, 6) is -0.840. The Morgan fingerprint density at radius 1 is 0.897 bits per heavy atom. The van der Waals surface area contributed by atoms with E-state index in [0.29, 0.717) is 5.02 Å². The predicted molar refractivity (Wildman–Crippen MR) is 156 cm³/mol. The SMILES string of the molecule is Cc1ccc(S(=O)(=O)N(CC(=O)N(Cc2cccc(C)c2)C(C)C(=O)NC(C)C)c2ccc(C)c(Cl)c2)cc1. The van der Waals surface area contributed by atoms with E-state index in [1.165, 1.54) is 23.1 Å². The molecule has 3 aromatic carbocycles. The maximum atomic E-state index is 13.9. The lowest BCUT2D eigenvalue weighted by molar-refractivity contribution is -0.139. The van der Waals surface area contributed by atoms with E-state index in [1.807, 2.05) is 58.9 Å². The van der Waals surface area contributed by atoms with Crippen LogP contribution in [0.5, 0.6) is 0 Å². The van der Waals surface area contributed by atoms with Crippen LogP contribution in [0.15, 0.2) is 71.6 Å². The van der Waals surface area contributed by atoms with Gasteiger partial charge in [0.15, 0.2) is 0 Å². The zero-order valence-corrected chi connectivity index (χ0v) is 24.8. The Kier molecular flexibility index (Phi) is 9.80. The largest absolute Gasteiger partial charge is 0.352 e. The number of hydrogen-bond donors (Lipinski definition) is 1. The number of nitrogens with one attached hydrogen (secondary N) is 1. The standard InChI is InChI=1S/C30H36ClN3O4S/c1-20(2)32-30(36)24(6)33(18-25-9-7-8-22(4)16-25)29(35)19-34(26-13-12-23(5)28(31)17-26)39(37,38)27-14-10-21(3)11-15-27/h7-17,20,24H,18-19H2,1-6H3,(H,32,36). The van der Waals surface area contributed by atoms with Crippen molar-refractivity contribution in [2.24, 2.45) is 0 Å². The zero-order valence-electron chi connectivity index (χ0n) is 23.2. The monoisotopic (exact) mass is 569 g/mol. The van der Waals surface area contributed by atoms with Crippen molar-refractivity contribution in [2.75, 3.05) is 10.8 Å². The van der Waals surface area contributed by atoms with Gasteiger partial charge in [0, 0.05) is 17.6 Å². The lowest BCUT2D eigenvalue weighted by atomic mass is 10.1. The molecule has 7 nitrogen and oxygen atoms in total. The van der Waals surface area contributed by atoms with Gasteiger partial charge >= 0.3 is 0 Å². The molecular weight excluding hydrogens is 534 g/mol. The predicted octanol–water partition coefficient (Wildman–Crippen LogP) is 5.40. The molecule has 0 saturated heterocycles. The summed E-state index contributed by atoms with van der Waals surface area (Å²) in [5, 5.41) is 3.23. The lowest BCUT2D eigenvalue weighted by Gasteiger charge is -2.32. The van der Waals surface area contributed by atoms with Gasteiger partial charge in [-0.2, -0.15) is 0 Å². The summed E-state index contributed by atoms with van der Waals surface area (Å²) in [5.41, 5.74) is 3.79. The van der Waals surface area contributed by atoms with Crippen molar-refractivity contribution >= 4 is 39.1 Å². The van der Waals surface area contributed by atoms with E-state index >= 15 is 0 Å². The molecule has 0 aliphatic carbocycles. The highest BCUT2D eigenvalue weighted by atomic mass is 35.5. The number of rotatable bonds is 10. The number of benzene rings is 3. The summed E-state index contributed by atoms with van der Waals surface area (Å²) >= 11 is 6.37. The Labute approximate surface area is 236 Å². The molecule has 3 rings (SSSR count). The van der Waals surface area contributed by atoms with Gasteiger partial charge in [-0.15, -0.1) is 0 Å². The van der Waals surface area contributed by atoms with Gasteiger partial charge < -0.3 is 10.2 Å². The second kappa shape index (κ2) is 12.7. The number of carbonyl (C=O) groups is 2. The molecule has 1 unspecified atom stereocenters. The van der Waals surface area contributed by atoms with Crippen molar-refractivity contribution < 1.29 is 18.0 Å². The van der Waals surface area contributed by atoms with Crippen LogP contribution in [0.1, 0.15) is 43.0 Å². The fourth-order valence-electron chi connectivity index (χ4n) is 4.10. The number of aryl methyl sites for hydroxylation is 3. The highest BCUT2D eigenvalue weighted by Crippen LogP contribution is 2.29. The Morgan fingerprint density at radius 3 is 2.15 bits per heavy atom. The Bertz CT molecular complexity index is 1440. The van der Waals surface area contributed by atoms with Gasteiger partial charge in [-0.25, -0.2) is 8.42 Å². The fraction of sp³-hybridized carbons (Fsp3) is 0.333. The van der Waals surface area contributed by atoms with Gasteiger partial charge in [-0.1, -0.05) is 65.2 Å². The maximum Gasteiger partial charge on any atom is 0.264 e. The van der Waals surface area contributed by atoms with Crippen LogP contribution in [-0.2, 0) is 26.2 Å². The fourth-order valence-corrected chi connectivity index (χ4v) is 5.68. The van der Waals surface area contributed by atoms with Crippen molar-refractivity contribution in [1.82, 2.24) is 10.2 Å². The quantitative estimate of drug-likeness (QED) is 0.354. The first-order valence-corrected chi connectivity index (χ1v) is 14.6. The van der Waals surface area contributed by atoms with E-state index < -0.39 is 28.5 Å². The van der Waals surface area contributed by atoms with Crippen molar-refractivity contribution in [1.29, 1.82) is 0 Å². The van der Waals surface area contributed by atoms with Crippen molar-refractivity contribution in [2.45, 2.75) is 65.1 Å². The number of amides is 2. The Hall–Kier alpha value is -3.36. The lowest BCUT2D eigenvalue weighted by Crippen LogP contribution is -2.52. The van der Waals surface area contributed by atoms with Crippen LogP contribution in [-0.4, -0.2) is 43.8 Å². The first-order chi connectivity index (χ1) is 18.3. The van der Waals surface area contributed by atoms with Crippen LogP contribution < -0.4 is 9.62 Å². The molecule has 1 N–H and O–H groups in total. The molecular formula is C30H36ClN3O4S. The Morgan fingerprint density at radius 2 is 1.56 bits per heavy atom. The molecule has 0 aromatic heterocycles. The summed E-state index contributed by atoms with van der Waals surface area (Å²) in [4.78, 5) is 28.4. The topological polar surface area (TPSA) is 86.8 Å². The Balaban J connectivity index is 2.06. The zero-order chi connectivity index (χ0) is 28.9. The molecule has 0 heterocycles. The van der Waals surface area contributed by atoms with Gasteiger partial charge in [-0.05, 0) is 76.9 Å². The van der Waals surface area contributed by atoms with E-state index in [-0.39, 0.29) is 29.1 Å². The molecule has 0 radical (unpaired) electrons. The molecule has 0 aliphatic heterocycles. The number of halogens is 1. The molecule has 0 bridgehead atoms. The summed E-state index contributed by atoms with van der Waals surface area (Å²) in [6.07, 6.45) is 0. The second-order valence-corrected chi connectivity index (χ2v) is 12.4. The van der Waals surface area contributed by atoms with E-state index in [2.05, 4.69) is 5.32 Å². The average molecular weight is 570 g/mol. The number of anilines is 1. The molecule has 3 aromatic rings. The van der Waals surface area contributed by atoms with Crippen LogP contribution in [0, 0.1) is 20.8 Å². The third kappa shape index (κ3) is 7.61. The van der Waals surface area contributed by atoms with Crippen molar-refractivity contribution in [3.05, 3.63) is 94.0 Å². The summed E-state index contributed by atoms with van der Waals surface area (Å²) < 4.78 is 28.8. The normalized spacial score (nSPS) is 12.2. The first-order valence-electron chi connectivity index (χ1n) is 12.8. The minimum atomic E-state index is -4.15. The van der Waals surface area contributed by atoms with E-state index in [0.717, 1.165) is 26.6 Å². The molecule has 1 atom stereocenters. The van der Waals surface area contributed by atoms with Gasteiger partial charge in [-0.3, -0.25) is 13.9 Å². The van der Waals surface area contributed by atoms with Gasteiger partial charge in [0.05, 0.1) is 10.6 Å². The second-order valence-electron chi connectivity index (χ2n) is 10.1. The third-order valence-electron chi connectivity index (χ3n) is 6.36. The van der Waals surface area contributed by atoms with Crippen molar-refractivity contribution in [3.63, 3.8) is 0 Å². The number of hydrogen-bond acceptors (Lipinski definition) is 4. The number of carbonyl (C=O) groups excluding carboxylic acids is 2. The maximum absolute atomic E-state index is 13.9. The molecule has 0 saturated carbocycles. The molecule has 0 fully saturated rings. The van der Waals surface area contributed by atoms with Gasteiger partial charge in [0.1, 0.15) is 12.6 Å². The molecule has 9 heteroatoms. The van der Waals surface area contributed by atoms with Crippen LogP contribution >= 0.6 is 11.6 Å². The van der Waals surface area contributed by atoms with Crippen LogP contribution in [0.4, 0.5) is 5.69 Å². The molecule has 2 amide bonds. The molecule has 39 heavy (non-hydrogen) atoms. The highest BCUT2D eigenvalue weighted by Gasteiger charge is 2.33. The minimum absolute atomic E-state index is 0.0495. The summed E-state index contributed by atoms with van der Waals surface area (Å²) in [6.45, 7) is 10.6.